The summed E-state index contributed by atoms with van der Waals surface area (Å²) in [6, 6.07) is 2.05. The van der Waals surface area contributed by atoms with E-state index in [0.717, 1.165) is 0 Å². The molecule has 0 saturated heterocycles. The SMILES string of the molecule is COC(=O)c1cc(OC)c(C(N)C(C)=O)c(OC)c1. The number of methoxy groups -OCH3 is 3. The van der Waals surface area contributed by atoms with Crippen molar-refractivity contribution in [3.63, 3.8) is 0 Å². The fourth-order valence-electron chi connectivity index (χ4n) is 1.68. The summed E-state index contributed by atoms with van der Waals surface area (Å²) >= 11 is 0. The summed E-state index contributed by atoms with van der Waals surface area (Å²) in [4.78, 5) is 23.0. The van der Waals surface area contributed by atoms with Gasteiger partial charge in [0.25, 0.3) is 0 Å². The molecule has 0 heterocycles. The van der Waals surface area contributed by atoms with E-state index in [0.29, 0.717) is 17.1 Å². The summed E-state index contributed by atoms with van der Waals surface area (Å²) in [6.07, 6.45) is 0. The van der Waals surface area contributed by atoms with Crippen molar-refractivity contribution in [2.45, 2.75) is 13.0 Å². The van der Waals surface area contributed by atoms with Gasteiger partial charge in [-0.2, -0.15) is 0 Å². The Morgan fingerprint density at radius 3 is 1.89 bits per heavy atom. The smallest absolute Gasteiger partial charge is 0.338 e. The molecule has 1 aromatic carbocycles. The molecule has 0 aliphatic carbocycles. The second-order valence-electron chi connectivity index (χ2n) is 3.87. The third kappa shape index (κ3) is 3.03. The number of esters is 1. The minimum atomic E-state index is -0.878. The molecule has 19 heavy (non-hydrogen) atoms. The van der Waals surface area contributed by atoms with Crippen molar-refractivity contribution in [3.8, 4) is 11.5 Å². The van der Waals surface area contributed by atoms with E-state index in [9.17, 15) is 9.59 Å². The second kappa shape index (κ2) is 6.19. The van der Waals surface area contributed by atoms with Gasteiger partial charge in [0.05, 0.1) is 38.5 Å². The number of rotatable bonds is 5. The van der Waals surface area contributed by atoms with Crippen LogP contribution in [0.4, 0.5) is 0 Å². The number of benzene rings is 1. The lowest BCUT2D eigenvalue weighted by molar-refractivity contribution is -0.118. The number of carbonyl (C=O) groups excluding carboxylic acids is 2. The van der Waals surface area contributed by atoms with E-state index in [1.165, 1.54) is 40.4 Å². The lowest BCUT2D eigenvalue weighted by atomic mass is 9.99. The molecule has 0 saturated carbocycles. The molecular weight excluding hydrogens is 250 g/mol. The molecule has 1 atom stereocenters. The Kier molecular flexibility index (Phi) is 4.88. The van der Waals surface area contributed by atoms with Crippen LogP contribution in [0.25, 0.3) is 0 Å². The zero-order valence-corrected chi connectivity index (χ0v) is 11.4. The molecule has 0 radical (unpaired) electrons. The van der Waals surface area contributed by atoms with E-state index >= 15 is 0 Å². The minimum Gasteiger partial charge on any atom is -0.496 e. The molecule has 0 amide bonds. The Bertz CT molecular complexity index is 473. The fourth-order valence-corrected chi connectivity index (χ4v) is 1.68. The van der Waals surface area contributed by atoms with Crippen LogP contribution in [-0.2, 0) is 9.53 Å². The van der Waals surface area contributed by atoms with Gasteiger partial charge >= 0.3 is 5.97 Å². The highest BCUT2D eigenvalue weighted by molar-refractivity contribution is 5.92. The molecular formula is C13H17NO5. The van der Waals surface area contributed by atoms with Crippen LogP contribution in [0, 0.1) is 0 Å². The first kappa shape index (κ1) is 15.0. The van der Waals surface area contributed by atoms with Crippen LogP contribution >= 0.6 is 0 Å². The number of nitrogens with two attached hydrogens (primary N) is 1. The first-order chi connectivity index (χ1) is 8.96. The van der Waals surface area contributed by atoms with Crippen molar-refractivity contribution in [2.75, 3.05) is 21.3 Å². The Balaban J connectivity index is 3.46. The van der Waals surface area contributed by atoms with Crippen molar-refractivity contribution >= 4 is 11.8 Å². The highest BCUT2D eigenvalue weighted by atomic mass is 16.5. The maximum atomic E-state index is 11.5. The van der Waals surface area contributed by atoms with Crippen LogP contribution in [0.1, 0.15) is 28.9 Å². The van der Waals surface area contributed by atoms with Gasteiger partial charge in [0, 0.05) is 0 Å². The molecule has 6 heteroatoms. The third-order valence-corrected chi connectivity index (χ3v) is 2.71. The Hall–Kier alpha value is -2.08. The van der Waals surface area contributed by atoms with Crippen molar-refractivity contribution in [1.29, 1.82) is 0 Å². The maximum absolute atomic E-state index is 11.5. The van der Waals surface area contributed by atoms with Crippen LogP contribution in [0.15, 0.2) is 12.1 Å². The largest absolute Gasteiger partial charge is 0.496 e. The number of hydrogen-bond acceptors (Lipinski definition) is 6. The van der Waals surface area contributed by atoms with Gasteiger partial charge in [0.1, 0.15) is 11.5 Å². The van der Waals surface area contributed by atoms with Crippen LogP contribution < -0.4 is 15.2 Å². The highest BCUT2D eigenvalue weighted by Crippen LogP contribution is 2.35. The summed E-state index contributed by atoms with van der Waals surface area (Å²) in [6.45, 7) is 1.37. The topological polar surface area (TPSA) is 87.9 Å². The lowest BCUT2D eigenvalue weighted by Crippen LogP contribution is -2.20. The summed E-state index contributed by atoms with van der Waals surface area (Å²) in [5.41, 5.74) is 6.49. The third-order valence-electron chi connectivity index (χ3n) is 2.71. The molecule has 0 aliphatic heterocycles. The van der Waals surface area contributed by atoms with Gasteiger partial charge in [-0.25, -0.2) is 4.79 Å². The first-order valence-electron chi connectivity index (χ1n) is 5.56. The van der Waals surface area contributed by atoms with Crippen molar-refractivity contribution < 1.29 is 23.8 Å². The van der Waals surface area contributed by atoms with Crippen molar-refractivity contribution in [2.24, 2.45) is 5.73 Å². The minimum absolute atomic E-state index is 0.234. The van der Waals surface area contributed by atoms with Crippen molar-refractivity contribution in [3.05, 3.63) is 23.3 Å². The average molecular weight is 267 g/mol. The summed E-state index contributed by atoms with van der Waals surface area (Å²) in [5.74, 6) is -0.146. The zero-order valence-electron chi connectivity index (χ0n) is 11.4. The fraction of sp³-hybridized carbons (Fsp3) is 0.385. The highest BCUT2D eigenvalue weighted by Gasteiger charge is 2.23. The first-order valence-corrected chi connectivity index (χ1v) is 5.56. The predicted molar refractivity (Wildman–Crippen MR) is 68.5 cm³/mol. The molecule has 0 aromatic heterocycles. The summed E-state index contributed by atoms with van der Waals surface area (Å²) in [7, 11) is 4.12. The molecule has 6 nitrogen and oxygen atoms in total. The van der Waals surface area contributed by atoms with Crippen molar-refractivity contribution in [1.82, 2.24) is 0 Å². The molecule has 104 valence electrons. The number of ketones is 1. The van der Waals surface area contributed by atoms with E-state index in [4.69, 9.17) is 15.2 Å². The normalized spacial score (nSPS) is 11.6. The molecule has 0 spiro atoms. The molecule has 1 aromatic rings. The Morgan fingerprint density at radius 2 is 1.58 bits per heavy atom. The van der Waals surface area contributed by atoms with Gasteiger partial charge in [-0.1, -0.05) is 0 Å². The lowest BCUT2D eigenvalue weighted by Gasteiger charge is -2.18. The van der Waals surface area contributed by atoms with Gasteiger partial charge in [0.15, 0.2) is 5.78 Å². The summed E-state index contributed by atoms with van der Waals surface area (Å²) < 4.78 is 15.0. The maximum Gasteiger partial charge on any atom is 0.338 e. The van der Waals surface area contributed by atoms with Crippen LogP contribution in [0.2, 0.25) is 0 Å². The summed E-state index contributed by atoms with van der Waals surface area (Å²) in [5, 5.41) is 0. The monoisotopic (exact) mass is 267 g/mol. The van der Waals surface area contributed by atoms with Gasteiger partial charge in [-0.3, -0.25) is 4.79 Å². The van der Waals surface area contributed by atoms with Gasteiger partial charge in [-0.15, -0.1) is 0 Å². The number of ether oxygens (including phenoxy) is 3. The average Bonchev–Trinajstić information content (AvgIpc) is 2.43. The number of hydrogen-bond donors (Lipinski definition) is 1. The standard InChI is InChI=1S/C13H17NO5/c1-7(15)12(14)11-9(17-2)5-8(13(16)19-4)6-10(11)18-3/h5-6,12H,14H2,1-4H3. The van der Waals surface area contributed by atoms with Gasteiger partial charge in [0.2, 0.25) is 0 Å². The Morgan fingerprint density at radius 1 is 1.11 bits per heavy atom. The van der Waals surface area contributed by atoms with E-state index in [2.05, 4.69) is 4.74 Å². The zero-order chi connectivity index (χ0) is 14.6. The molecule has 1 rings (SSSR count). The molecule has 0 aliphatic rings. The molecule has 0 fully saturated rings. The van der Waals surface area contributed by atoms with Gasteiger partial charge < -0.3 is 19.9 Å². The van der Waals surface area contributed by atoms with E-state index in [-0.39, 0.29) is 11.3 Å². The quantitative estimate of drug-likeness (QED) is 0.803. The number of Topliss-reactive ketones (excluding diaryl/α,β-unsaturated/α-hetero) is 1. The van der Waals surface area contributed by atoms with Gasteiger partial charge in [-0.05, 0) is 19.1 Å². The van der Waals surface area contributed by atoms with E-state index in [1.54, 1.807) is 0 Å². The van der Waals surface area contributed by atoms with Crippen LogP contribution in [0.5, 0.6) is 11.5 Å². The van der Waals surface area contributed by atoms with Crippen LogP contribution in [-0.4, -0.2) is 33.1 Å². The predicted octanol–water partition coefficient (Wildman–Crippen LogP) is 1.08. The molecule has 2 N–H and O–H groups in total. The molecule has 1 unspecified atom stereocenters. The number of carbonyl (C=O) groups is 2. The van der Waals surface area contributed by atoms with Crippen LogP contribution in [0.3, 0.4) is 0 Å². The van der Waals surface area contributed by atoms with E-state index in [1.807, 2.05) is 0 Å². The molecule has 0 bridgehead atoms. The second-order valence-corrected chi connectivity index (χ2v) is 3.87. The Labute approximate surface area is 111 Å². The van der Waals surface area contributed by atoms with E-state index < -0.39 is 12.0 Å².